The maximum absolute atomic E-state index is 14.3. The number of carbonyl (C=O) groups is 2. The van der Waals surface area contributed by atoms with Crippen molar-refractivity contribution in [3.63, 3.8) is 0 Å². The number of nitrogens with one attached hydrogen (secondary N) is 3. The fraction of sp³-hybridized carbons (Fsp3) is 0.333. The van der Waals surface area contributed by atoms with Crippen molar-refractivity contribution in [2.75, 3.05) is 38.5 Å². The minimum Gasteiger partial charge on any atom is -0.367 e. The highest BCUT2D eigenvalue weighted by molar-refractivity contribution is 6.36. The summed E-state index contributed by atoms with van der Waals surface area (Å²) in [7, 11) is 1.80. The lowest BCUT2D eigenvalue weighted by Crippen LogP contribution is -2.51. The molecule has 3 aliphatic rings. The lowest BCUT2D eigenvalue weighted by molar-refractivity contribution is -0.113. The second-order valence-electron chi connectivity index (χ2n) is 9.55. The molecule has 38 heavy (non-hydrogen) atoms. The maximum atomic E-state index is 14.3. The Hall–Kier alpha value is -3.43. The Balaban J connectivity index is 1.36. The van der Waals surface area contributed by atoms with Crippen LogP contribution in [-0.2, 0) is 4.79 Å². The molecule has 3 N–H and O–H groups in total. The van der Waals surface area contributed by atoms with Crippen LogP contribution < -0.4 is 16.1 Å². The Morgan fingerprint density at radius 2 is 1.76 bits per heavy atom. The normalized spacial score (nSPS) is 17.9. The van der Waals surface area contributed by atoms with Crippen molar-refractivity contribution in [3.05, 3.63) is 86.7 Å². The number of likely N-dealkylation sites (tertiary alicyclic amines) is 1. The highest BCUT2D eigenvalue weighted by atomic mass is 35.5. The topological polar surface area (TPSA) is 80.0 Å². The van der Waals surface area contributed by atoms with Crippen LogP contribution in [0.1, 0.15) is 41.7 Å². The molecule has 8 nitrogen and oxygen atoms in total. The van der Waals surface area contributed by atoms with Crippen LogP contribution in [0.25, 0.3) is 0 Å². The molecule has 0 bridgehead atoms. The third-order valence-corrected chi connectivity index (χ3v) is 7.81. The predicted molar refractivity (Wildman–Crippen MR) is 146 cm³/mol. The molecule has 11 heteroatoms. The lowest BCUT2D eigenvalue weighted by atomic mass is 10.0. The van der Waals surface area contributed by atoms with Gasteiger partial charge in [-0.3, -0.25) is 20.0 Å². The second-order valence-corrected chi connectivity index (χ2v) is 10.3. The molecule has 0 aliphatic carbocycles. The van der Waals surface area contributed by atoms with E-state index in [1.807, 2.05) is 16.7 Å². The molecule has 3 aliphatic heterocycles. The first-order chi connectivity index (χ1) is 18.2. The van der Waals surface area contributed by atoms with Crippen molar-refractivity contribution in [2.45, 2.75) is 25.8 Å². The quantitative estimate of drug-likeness (QED) is 0.470. The number of anilines is 1. The molecular weight excluding hydrogens is 530 g/mol. The van der Waals surface area contributed by atoms with Gasteiger partial charge in [-0.1, -0.05) is 23.2 Å². The molecule has 1 fully saturated rings. The number of allylic oxidation sites excluding steroid dienone is 1. The summed E-state index contributed by atoms with van der Waals surface area (Å²) in [6, 6.07) is 9.30. The van der Waals surface area contributed by atoms with Gasteiger partial charge in [0.05, 0.1) is 16.8 Å². The van der Waals surface area contributed by atoms with Crippen molar-refractivity contribution >= 4 is 40.7 Å². The Morgan fingerprint density at radius 1 is 1.05 bits per heavy atom. The molecule has 5 rings (SSSR count). The van der Waals surface area contributed by atoms with Crippen LogP contribution in [0, 0.1) is 5.82 Å². The summed E-state index contributed by atoms with van der Waals surface area (Å²) in [6.07, 6.45) is 3.81. The molecule has 1 unspecified atom stereocenters. The molecule has 0 saturated carbocycles. The van der Waals surface area contributed by atoms with Crippen molar-refractivity contribution in [1.29, 1.82) is 0 Å². The van der Waals surface area contributed by atoms with E-state index in [4.69, 9.17) is 23.2 Å². The van der Waals surface area contributed by atoms with Gasteiger partial charge in [0.25, 0.3) is 11.8 Å². The summed E-state index contributed by atoms with van der Waals surface area (Å²) in [5, 5.41) is 8.33. The minimum absolute atomic E-state index is 0.00985. The van der Waals surface area contributed by atoms with Crippen LogP contribution in [0.5, 0.6) is 0 Å². The van der Waals surface area contributed by atoms with Gasteiger partial charge in [0, 0.05) is 55.1 Å². The average Bonchev–Trinajstić information content (AvgIpc) is 3.46. The third-order valence-electron chi connectivity index (χ3n) is 7.09. The number of halogens is 3. The number of hydrogen-bond donors (Lipinski definition) is 3. The highest BCUT2D eigenvalue weighted by Crippen LogP contribution is 2.38. The Labute approximate surface area is 231 Å². The van der Waals surface area contributed by atoms with Gasteiger partial charge in [0.2, 0.25) is 0 Å². The summed E-state index contributed by atoms with van der Waals surface area (Å²) in [4.78, 5) is 29.7. The standard InChI is InChI=1S/C27H29Cl2FN6O2/c1-16(23-19(28)9-10-20(30)24(23)29)36-14-11-31-25-22(36)15-21(33-34(25)2)26(37)32-18-7-5-17(6-8-18)27(38)35-12-3-4-13-35/h5-10,15-16,31,33H,3-4,11-14H2,1-2H3,(H,32,37). The van der Waals surface area contributed by atoms with E-state index in [2.05, 4.69) is 16.1 Å². The van der Waals surface area contributed by atoms with Gasteiger partial charge in [-0.15, -0.1) is 0 Å². The molecule has 2 aromatic carbocycles. The van der Waals surface area contributed by atoms with Crippen LogP contribution in [0.15, 0.2) is 59.7 Å². The van der Waals surface area contributed by atoms with E-state index in [0.717, 1.165) is 37.4 Å². The minimum atomic E-state index is -0.534. The molecule has 0 spiro atoms. The number of amides is 2. The third kappa shape index (κ3) is 5.00. The zero-order valence-corrected chi connectivity index (χ0v) is 22.7. The first-order valence-corrected chi connectivity index (χ1v) is 13.3. The van der Waals surface area contributed by atoms with E-state index in [9.17, 15) is 14.0 Å². The highest BCUT2D eigenvalue weighted by Gasteiger charge is 2.32. The monoisotopic (exact) mass is 558 g/mol. The molecule has 0 aromatic heterocycles. The molecule has 200 valence electrons. The van der Waals surface area contributed by atoms with E-state index in [1.54, 1.807) is 42.4 Å². The van der Waals surface area contributed by atoms with Crippen molar-refractivity contribution < 1.29 is 14.0 Å². The van der Waals surface area contributed by atoms with Crippen LogP contribution >= 0.6 is 23.2 Å². The first-order valence-electron chi connectivity index (χ1n) is 12.6. The van der Waals surface area contributed by atoms with Gasteiger partial charge in [0.1, 0.15) is 17.3 Å². The zero-order valence-electron chi connectivity index (χ0n) is 21.2. The first kappa shape index (κ1) is 26.2. The van der Waals surface area contributed by atoms with E-state index in [0.29, 0.717) is 40.6 Å². The van der Waals surface area contributed by atoms with Crippen molar-refractivity contribution in [2.24, 2.45) is 0 Å². The summed E-state index contributed by atoms with van der Waals surface area (Å²) >= 11 is 12.7. The molecule has 2 aromatic rings. The van der Waals surface area contributed by atoms with Gasteiger partial charge in [-0.2, -0.15) is 0 Å². The van der Waals surface area contributed by atoms with E-state index >= 15 is 0 Å². The van der Waals surface area contributed by atoms with Gasteiger partial charge in [0.15, 0.2) is 0 Å². The fourth-order valence-corrected chi connectivity index (χ4v) is 5.77. The second kappa shape index (κ2) is 10.7. The van der Waals surface area contributed by atoms with Crippen LogP contribution in [0.4, 0.5) is 10.1 Å². The maximum Gasteiger partial charge on any atom is 0.273 e. The number of nitrogens with zero attached hydrogens (tertiary/aromatic N) is 3. The van der Waals surface area contributed by atoms with Crippen molar-refractivity contribution in [1.82, 2.24) is 25.6 Å². The molecule has 2 amide bonds. The van der Waals surface area contributed by atoms with Crippen LogP contribution in [0.3, 0.4) is 0 Å². The van der Waals surface area contributed by atoms with Crippen LogP contribution in [0.2, 0.25) is 10.0 Å². The van der Waals surface area contributed by atoms with Crippen LogP contribution in [-0.4, -0.2) is 59.8 Å². The number of hydrogen-bond acceptors (Lipinski definition) is 6. The number of carbonyl (C=O) groups excluding carboxylic acids is 2. The van der Waals surface area contributed by atoms with E-state index < -0.39 is 5.82 Å². The summed E-state index contributed by atoms with van der Waals surface area (Å²) < 4.78 is 14.3. The lowest BCUT2D eigenvalue weighted by Gasteiger charge is -2.43. The molecule has 0 radical (unpaired) electrons. The summed E-state index contributed by atoms with van der Waals surface area (Å²) in [6.45, 7) is 4.70. The largest absolute Gasteiger partial charge is 0.367 e. The Bertz CT molecular complexity index is 1320. The summed E-state index contributed by atoms with van der Waals surface area (Å²) in [5.41, 5.74) is 5.83. The SMILES string of the molecule is CC(c1c(Cl)ccc(F)c1Cl)N1CCNC2=C1C=C(C(=O)Nc1ccc(C(=O)N3CCCC3)cc1)NN2C. The Kier molecular flexibility index (Phi) is 7.40. The van der Waals surface area contributed by atoms with Gasteiger partial charge < -0.3 is 20.4 Å². The van der Waals surface area contributed by atoms with Crippen molar-refractivity contribution in [3.8, 4) is 0 Å². The smallest absolute Gasteiger partial charge is 0.273 e. The fourth-order valence-electron chi connectivity index (χ4n) is 5.09. The zero-order chi connectivity index (χ0) is 27.0. The molecular formula is C27H29Cl2FN6O2. The van der Waals surface area contributed by atoms with E-state index in [-0.39, 0.29) is 22.9 Å². The van der Waals surface area contributed by atoms with Gasteiger partial charge in [-0.25, -0.2) is 4.39 Å². The number of rotatable bonds is 5. The predicted octanol–water partition coefficient (Wildman–Crippen LogP) is 4.48. The molecule has 1 atom stereocenters. The molecule has 1 saturated heterocycles. The average molecular weight is 559 g/mol. The number of benzene rings is 2. The molecule has 3 heterocycles. The Morgan fingerprint density at radius 3 is 2.47 bits per heavy atom. The number of hydrazine groups is 1. The summed E-state index contributed by atoms with van der Waals surface area (Å²) in [5.74, 6) is -0.0980. The van der Waals surface area contributed by atoms with E-state index in [1.165, 1.54) is 12.1 Å². The van der Waals surface area contributed by atoms with Gasteiger partial charge in [-0.05, 0) is 62.2 Å². The van der Waals surface area contributed by atoms with Gasteiger partial charge >= 0.3 is 0 Å².